The van der Waals surface area contributed by atoms with Gasteiger partial charge in [-0.05, 0) is 31.6 Å². The lowest BCUT2D eigenvalue weighted by Crippen LogP contribution is -2.30. The topological polar surface area (TPSA) is 237 Å². The van der Waals surface area contributed by atoms with Gasteiger partial charge in [0.25, 0.3) is 0 Å². The van der Waals surface area contributed by atoms with Crippen molar-refractivity contribution in [3.8, 4) is 0 Å². The molecule has 0 saturated carbocycles. The highest BCUT2D eigenvalue weighted by Gasteiger charge is 2.30. The SMILES string of the molecule is CCCCCCCCCCCCCCCCCCCC(=O)O[C@H](COC(=O)CCCCCCCCCCCCC(C)C)COP(=O)(O)OC[C@@H](O)COP(=O)(O)OC[C@@H](COC(=O)CCCCCCCCCCCCC)OC(=O)CCCCCCCCCCCCCC. The van der Waals surface area contributed by atoms with E-state index in [-0.39, 0.29) is 25.7 Å². The van der Waals surface area contributed by atoms with Crippen LogP contribution in [0.15, 0.2) is 0 Å². The summed E-state index contributed by atoms with van der Waals surface area (Å²) >= 11 is 0. The molecule has 2 unspecified atom stereocenters. The van der Waals surface area contributed by atoms with E-state index in [1.807, 2.05) is 0 Å². The third-order valence-electron chi connectivity index (χ3n) is 17.3. The number of hydrogen-bond acceptors (Lipinski definition) is 15. The third-order valence-corrected chi connectivity index (χ3v) is 19.2. The summed E-state index contributed by atoms with van der Waals surface area (Å²) in [5, 5.41) is 10.6. The Morgan fingerprint density at radius 1 is 0.290 bits per heavy atom. The van der Waals surface area contributed by atoms with Gasteiger partial charge in [0.15, 0.2) is 12.2 Å². The molecule has 0 rings (SSSR count). The molecule has 3 N–H and O–H groups in total. The van der Waals surface area contributed by atoms with Crippen molar-refractivity contribution < 1.29 is 80.2 Å². The van der Waals surface area contributed by atoms with Crippen molar-refractivity contribution >= 4 is 39.5 Å². The maximum absolute atomic E-state index is 13.1. The first-order valence-electron chi connectivity index (χ1n) is 38.6. The zero-order valence-electron chi connectivity index (χ0n) is 60.4. The number of hydrogen-bond donors (Lipinski definition) is 3. The molecule has 17 nitrogen and oxygen atoms in total. The first-order valence-corrected chi connectivity index (χ1v) is 41.6. The molecule has 5 atom stereocenters. The van der Waals surface area contributed by atoms with Crippen LogP contribution in [-0.4, -0.2) is 96.7 Å². The predicted molar refractivity (Wildman–Crippen MR) is 377 cm³/mol. The predicted octanol–water partition coefficient (Wildman–Crippen LogP) is 21.7. The number of aliphatic hydroxyl groups excluding tert-OH is 1. The lowest BCUT2D eigenvalue weighted by Gasteiger charge is -2.21. The molecule has 0 amide bonds. The molecule has 0 radical (unpaired) electrons. The first kappa shape index (κ1) is 91.1. The average Bonchev–Trinajstić information content (AvgIpc) is 3.65. The van der Waals surface area contributed by atoms with E-state index >= 15 is 0 Å². The molecule has 0 aliphatic rings. The highest BCUT2D eigenvalue weighted by Crippen LogP contribution is 2.45. The normalized spacial score (nSPS) is 14.0. The van der Waals surface area contributed by atoms with Gasteiger partial charge in [-0.25, -0.2) is 9.13 Å². The van der Waals surface area contributed by atoms with Crippen molar-refractivity contribution in [1.82, 2.24) is 0 Å². The second kappa shape index (κ2) is 67.3. The summed E-state index contributed by atoms with van der Waals surface area (Å²) in [6.45, 7) is 7.28. The van der Waals surface area contributed by atoms with Crippen LogP contribution < -0.4 is 0 Å². The van der Waals surface area contributed by atoms with Gasteiger partial charge >= 0.3 is 39.5 Å². The highest BCUT2D eigenvalue weighted by molar-refractivity contribution is 7.47. The van der Waals surface area contributed by atoms with Crippen molar-refractivity contribution in [2.24, 2.45) is 5.92 Å². The van der Waals surface area contributed by atoms with Crippen LogP contribution in [0.3, 0.4) is 0 Å². The van der Waals surface area contributed by atoms with E-state index in [0.717, 1.165) is 95.8 Å². The molecule has 0 fully saturated rings. The van der Waals surface area contributed by atoms with E-state index in [2.05, 4.69) is 34.6 Å². The minimum absolute atomic E-state index is 0.108. The molecule has 552 valence electrons. The van der Waals surface area contributed by atoms with Gasteiger partial charge in [-0.2, -0.15) is 0 Å². The van der Waals surface area contributed by atoms with Crippen LogP contribution >= 0.6 is 15.6 Å². The fraction of sp³-hybridized carbons (Fsp3) is 0.946. The van der Waals surface area contributed by atoms with Crippen LogP contribution in [0.25, 0.3) is 0 Å². The molecule has 0 aliphatic carbocycles. The summed E-state index contributed by atoms with van der Waals surface area (Å²) in [5.41, 5.74) is 0. The lowest BCUT2D eigenvalue weighted by atomic mass is 10.0. The first-order chi connectivity index (χ1) is 45.0. The molecule has 0 aliphatic heterocycles. The molecule has 19 heteroatoms. The molecule has 0 aromatic rings. The molecule has 0 saturated heterocycles. The highest BCUT2D eigenvalue weighted by atomic mass is 31.2. The largest absolute Gasteiger partial charge is 0.472 e. The molecule has 0 aromatic heterocycles. The fourth-order valence-corrected chi connectivity index (χ4v) is 12.9. The fourth-order valence-electron chi connectivity index (χ4n) is 11.4. The number of aliphatic hydroxyl groups is 1. The Labute approximate surface area is 568 Å². The van der Waals surface area contributed by atoms with Gasteiger partial charge in [0.05, 0.1) is 26.4 Å². The third kappa shape index (κ3) is 68.4. The second-order valence-corrected chi connectivity index (χ2v) is 30.1. The van der Waals surface area contributed by atoms with Crippen molar-refractivity contribution in [3.63, 3.8) is 0 Å². The van der Waals surface area contributed by atoms with Crippen LogP contribution in [0.1, 0.15) is 388 Å². The van der Waals surface area contributed by atoms with Crippen LogP contribution in [0.4, 0.5) is 0 Å². The molecule has 93 heavy (non-hydrogen) atoms. The van der Waals surface area contributed by atoms with E-state index in [9.17, 15) is 43.2 Å². The molecule has 0 heterocycles. The number of unbranched alkanes of at least 4 members (excludes halogenated alkanes) is 46. The minimum atomic E-state index is -4.95. The van der Waals surface area contributed by atoms with Gasteiger partial charge in [0.2, 0.25) is 0 Å². The van der Waals surface area contributed by atoms with E-state index in [4.69, 9.17) is 37.0 Å². The average molecular weight is 1370 g/mol. The Balaban J connectivity index is 5.24. The summed E-state index contributed by atoms with van der Waals surface area (Å²) in [4.78, 5) is 72.7. The van der Waals surface area contributed by atoms with Gasteiger partial charge in [-0.15, -0.1) is 0 Å². The quantitative estimate of drug-likeness (QED) is 0.0222. The smallest absolute Gasteiger partial charge is 0.462 e. The second-order valence-electron chi connectivity index (χ2n) is 27.2. The number of carbonyl (C=O) groups is 4. The Hall–Kier alpha value is -1.94. The van der Waals surface area contributed by atoms with Gasteiger partial charge in [-0.3, -0.25) is 37.3 Å². The molecule has 0 aromatic carbocycles. The van der Waals surface area contributed by atoms with Crippen LogP contribution in [0.2, 0.25) is 0 Å². The molecular formula is C74H144O17P2. The van der Waals surface area contributed by atoms with E-state index in [0.29, 0.717) is 25.7 Å². The maximum Gasteiger partial charge on any atom is 0.472 e. The zero-order valence-corrected chi connectivity index (χ0v) is 62.2. The summed E-state index contributed by atoms with van der Waals surface area (Å²) in [5.74, 6) is -1.36. The minimum Gasteiger partial charge on any atom is -0.462 e. The summed E-state index contributed by atoms with van der Waals surface area (Å²) in [7, 11) is -9.91. The van der Waals surface area contributed by atoms with Crippen molar-refractivity contribution in [2.75, 3.05) is 39.6 Å². The van der Waals surface area contributed by atoms with E-state index in [1.165, 1.54) is 212 Å². The van der Waals surface area contributed by atoms with Gasteiger partial charge in [-0.1, -0.05) is 336 Å². The summed E-state index contributed by atoms with van der Waals surface area (Å²) in [6.07, 6.45) is 55.3. The van der Waals surface area contributed by atoms with Crippen molar-refractivity contribution in [2.45, 2.75) is 406 Å². The Morgan fingerprint density at radius 2 is 0.495 bits per heavy atom. The number of esters is 4. The Morgan fingerprint density at radius 3 is 0.731 bits per heavy atom. The number of ether oxygens (including phenoxy) is 4. The van der Waals surface area contributed by atoms with E-state index < -0.39 is 97.5 Å². The van der Waals surface area contributed by atoms with Crippen LogP contribution in [0.5, 0.6) is 0 Å². The number of phosphoric acid groups is 2. The lowest BCUT2D eigenvalue weighted by molar-refractivity contribution is -0.161. The standard InChI is InChI=1S/C74H144O17P2/c1-6-9-12-15-18-21-24-26-27-28-29-30-33-40-45-50-55-60-74(79)91-70(64-85-72(77)58-53-48-43-38-35-34-36-41-46-51-56-67(4)5)66-89-93(82,83)87-62-68(75)61-86-92(80,81)88-65-69(63-84-71(76)57-52-47-42-37-31-23-20-17-14-11-8-3)90-73(78)59-54-49-44-39-32-25-22-19-16-13-10-7-2/h67-70,75H,6-66H2,1-5H3,(H,80,81)(H,82,83)/t68-,69+,70+/m0/s1. The Bertz CT molecular complexity index is 1790. The number of rotatable bonds is 74. The van der Waals surface area contributed by atoms with Crippen LogP contribution in [0, 0.1) is 5.92 Å². The van der Waals surface area contributed by atoms with E-state index in [1.54, 1.807) is 0 Å². The van der Waals surface area contributed by atoms with Crippen molar-refractivity contribution in [1.29, 1.82) is 0 Å². The summed E-state index contributed by atoms with van der Waals surface area (Å²) in [6, 6.07) is 0. The number of carbonyl (C=O) groups excluding carboxylic acids is 4. The maximum atomic E-state index is 13.1. The van der Waals surface area contributed by atoms with Gasteiger partial charge in [0, 0.05) is 25.7 Å². The van der Waals surface area contributed by atoms with Crippen LogP contribution in [-0.2, 0) is 65.4 Å². The monoisotopic (exact) mass is 1370 g/mol. The van der Waals surface area contributed by atoms with Gasteiger partial charge in [0.1, 0.15) is 19.3 Å². The molecule has 0 bridgehead atoms. The summed E-state index contributed by atoms with van der Waals surface area (Å²) < 4.78 is 68.5. The van der Waals surface area contributed by atoms with Gasteiger partial charge < -0.3 is 33.8 Å². The zero-order chi connectivity index (χ0) is 68.4. The Kier molecular flexibility index (Phi) is 65.9. The van der Waals surface area contributed by atoms with Crippen molar-refractivity contribution in [3.05, 3.63) is 0 Å². The molecular weight excluding hydrogens is 1220 g/mol. The molecule has 0 spiro atoms. The number of phosphoric ester groups is 2.